The molecule has 1 aromatic carbocycles. The molecule has 114 valence electrons. The van der Waals surface area contributed by atoms with E-state index in [-0.39, 0.29) is 18.0 Å². The van der Waals surface area contributed by atoms with Gasteiger partial charge < -0.3 is 10.4 Å². The van der Waals surface area contributed by atoms with Gasteiger partial charge in [0.1, 0.15) is 0 Å². The Morgan fingerprint density at radius 3 is 2.43 bits per heavy atom. The maximum atomic E-state index is 12.8. The number of alkyl halides is 3. The van der Waals surface area contributed by atoms with E-state index in [1.165, 1.54) is 18.2 Å². The molecule has 7 heteroatoms. The third-order valence-electron chi connectivity index (χ3n) is 3.53. The number of hydrogen-bond donors (Lipinski definition) is 2. The molecule has 2 rings (SSSR count). The Kier molecular flexibility index (Phi) is 4.20. The number of benzene rings is 1. The fraction of sp³-hybridized carbons (Fsp3) is 0.429. The highest BCUT2D eigenvalue weighted by Crippen LogP contribution is 2.32. The third-order valence-corrected chi connectivity index (χ3v) is 3.53. The van der Waals surface area contributed by atoms with Gasteiger partial charge in [0.15, 0.2) is 0 Å². The number of hydrogen-bond acceptors (Lipinski definition) is 2. The quantitative estimate of drug-likeness (QED) is 0.896. The minimum absolute atomic E-state index is 0.0865. The summed E-state index contributed by atoms with van der Waals surface area (Å²) < 4.78 is 38.3. The highest BCUT2D eigenvalue weighted by Gasteiger charge is 2.36. The standard InChI is InChI=1S/C14H14F3NO3/c15-14(16,17)11-4-2-1-3-8(11)7-12(19)18-10-5-9(6-10)13(20)21/h1-4,9-10H,5-7H2,(H,18,19)(H,20,21). The van der Waals surface area contributed by atoms with Gasteiger partial charge in [-0.2, -0.15) is 13.2 Å². The number of carboxylic acid groups (broad SMARTS) is 1. The second-order valence-corrected chi connectivity index (χ2v) is 5.10. The van der Waals surface area contributed by atoms with E-state index in [9.17, 15) is 22.8 Å². The Morgan fingerprint density at radius 1 is 1.24 bits per heavy atom. The maximum Gasteiger partial charge on any atom is 0.416 e. The minimum Gasteiger partial charge on any atom is -0.481 e. The maximum absolute atomic E-state index is 12.8. The first-order valence-electron chi connectivity index (χ1n) is 6.44. The zero-order chi connectivity index (χ0) is 15.6. The molecule has 1 aromatic rings. The summed E-state index contributed by atoms with van der Waals surface area (Å²) in [7, 11) is 0. The van der Waals surface area contributed by atoms with Crippen LogP contribution >= 0.6 is 0 Å². The normalized spacial score (nSPS) is 21.5. The van der Waals surface area contributed by atoms with Gasteiger partial charge in [-0.15, -0.1) is 0 Å². The molecule has 0 bridgehead atoms. The van der Waals surface area contributed by atoms with Crippen LogP contribution in [0, 0.1) is 5.92 Å². The van der Waals surface area contributed by atoms with Crippen LogP contribution in [0.4, 0.5) is 13.2 Å². The molecule has 0 aromatic heterocycles. The summed E-state index contributed by atoms with van der Waals surface area (Å²) in [5.74, 6) is -1.92. The number of carbonyl (C=O) groups is 2. The first-order chi connectivity index (χ1) is 9.77. The van der Waals surface area contributed by atoms with Crippen LogP contribution in [0.25, 0.3) is 0 Å². The van der Waals surface area contributed by atoms with E-state index < -0.39 is 29.5 Å². The van der Waals surface area contributed by atoms with Crippen molar-refractivity contribution in [2.75, 3.05) is 0 Å². The second kappa shape index (κ2) is 5.75. The van der Waals surface area contributed by atoms with Crippen LogP contribution in [0.15, 0.2) is 24.3 Å². The molecule has 0 radical (unpaired) electrons. The summed E-state index contributed by atoms with van der Waals surface area (Å²) in [5, 5.41) is 11.3. The van der Waals surface area contributed by atoms with Crippen LogP contribution in [-0.2, 0) is 22.2 Å². The number of nitrogens with one attached hydrogen (secondary N) is 1. The molecule has 1 aliphatic rings. The van der Waals surface area contributed by atoms with E-state index in [4.69, 9.17) is 5.11 Å². The molecule has 1 aliphatic carbocycles. The summed E-state index contributed by atoms with van der Waals surface area (Å²) in [6, 6.07) is 4.65. The van der Waals surface area contributed by atoms with Crippen LogP contribution < -0.4 is 5.32 Å². The van der Waals surface area contributed by atoms with Crippen molar-refractivity contribution in [1.29, 1.82) is 0 Å². The number of aliphatic carboxylic acids is 1. The SMILES string of the molecule is O=C(Cc1ccccc1C(F)(F)F)NC1CC(C(=O)O)C1. The number of halogens is 3. The Hall–Kier alpha value is -2.05. The molecule has 2 N–H and O–H groups in total. The van der Waals surface area contributed by atoms with E-state index >= 15 is 0 Å². The monoisotopic (exact) mass is 301 g/mol. The highest BCUT2D eigenvalue weighted by molar-refractivity contribution is 5.80. The molecule has 4 nitrogen and oxygen atoms in total. The summed E-state index contributed by atoms with van der Waals surface area (Å²) in [6.07, 6.45) is -4.23. The van der Waals surface area contributed by atoms with Crippen molar-refractivity contribution < 1.29 is 27.9 Å². The summed E-state index contributed by atoms with van der Waals surface area (Å²) >= 11 is 0. The molecule has 1 amide bonds. The van der Waals surface area contributed by atoms with E-state index in [1.807, 2.05) is 0 Å². The summed E-state index contributed by atoms with van der Waals surface area (Å²) in [4.78, 5) is 22.4. The average molecular weight is 301 g/mol. The molecule has 0 saturated heterocycles. The molecular weight excluding hydrogens is 287 g/mol. The second-order valence-electron chi connectivity index (χ2n) is 5.10. The Balaban J connectivity index is 1.94. The largest absolute Gasteiger partial charge is 0.481 e. The molecule has 0 aliphatic heterocycles. The van der Waals surface area contributed by atoms with Gasteiger partial charge in [0.05, 0.1) is 17.9 Å². The molecule has 1 saturated carbocycles. The molecule has 0 atom stereocenters. The van der Waals surface area contributed by atoms with Crippen molar-refractivity contribution in [2.45, 2.75) is 31.5 Å². The van der Waals surface area contributed by atoms with Gasteiger partial charge in [-0.05, 0) is 24.5 Å². The number of rotatable bonds is 4. The molecule has 1 fully saturated rings. The van der Waals surface area contributed by atoms with Crippen LogP contribution in [0.2, 0.25) is 0 Å². The Morgan fingerprint density at radius 2 is 1.86 bits per heavy atom. The first kappa shape index (κ1) is 15.3. The van der Waals surface area contributed by atoms with Crippen molar-refractivity contribution >= 4 is 11.9 Å². The van der Waals surface area contributed by atoms with Crippen molar-refractivity contribution in [1.82, 2.24) is 5.32 Å². The predicted octanol–water partition coefficient (Wildman–Crippen LogP) is 2.23. The van der Waals surface area contributed by atoms with Gasteiger partial charge in [-0.25, -0.2) is 0 Å². The topological polar surface area (TPSA) is 66.4 Å². The van der Waals surface area contributed by atoms with E-state index in [1.54, 1.807) is 0 Å². The van der Waals surface area contributed by atoms with E-state index in [0.29, 0.717) is 12.8 Å². The fourth-order valence-corrected chi connectivity index (χ4v) is 2.34. The lowest BCUT2D eigenvalue weighted by molar-refractivity contribution is -0.146. The molecule has 0 spiro atoms. The van der Waals surface area contributed by atoms with Gasteiger partial charge in [-0.1, -0.05) is 18.2 Å². The van der Waals surface area contributed by atoms with Gasteiger partial charge in [0.25, 0.3) is 0 Å². The fourth-order valence-electron chi connectivity index (χ4n) is 2.34. The summed E-state index contributed by atoms with van der Waals surface area (Å²) in [6.45, 7) is 0. The van der Waals surface area contributed by atoms with E-state index in [0.717, 1.165) is 6.07 Å². The molecule has 0 heterocycles. The molecular formula is C14H14F3NO3. The predicted molar refractivity (Wildman–Crippen MR) is 67.4 cm³/mol. The van der Waals surface area contributed by atoms with Crippen LogP contribution in [0.5, 0.6) is 0 Å². The van der Waals surface area contributed by atoms with Gasteiger partial charge in [0.2, 0.25) is 5.91 Å². The van der Waals surface area contributed by atoms with Crippen LogP contribution in [-0.4, -0.2) is 23.0 Å². The average Bonchev–Trinajstić information content (AvgIpc) is 2.32. The first-order valence-corrected chi connectivity index (χ1v) is 6.44. The Bertz CT molecular complexity index is 551. The lowest BCUT2D eigenvalue weighted by Gasteiger charge is -2.32. The smallest absolute Gasteiger partial charge is 0.416 e. The number of amides is 1. The van der Waals surface area contributed by atoms with Crippen molar-refractivity contribution in [3.8, 4) is 0 Å². The van der Waals surface area contributed by atoms with Crippen LogP contribution in [0.3, 0.4) is 0 Å². The van der Waals surface area contributed by atoms with Crippen molar-refractivity contribution in [3.05, 3.63) is 35.4 Å². The van der Waals surface area contributed by atoms with Gasteiger partial charge in [0, 0.05) is 6.04 Å². The van der Waals surface area contributed by atoms with Crippen LogP contribution in [0.1, 0.15) is 24.0 Å². The van der Waals surface area contributed by atoms with Gasteiger partial charge in [-0.3, -0.25) is 9.59 Å². The zero-order valence-electron chi connectivity index (χ0n) is 11.0. The number of carboxylic acids is 1. The van der Waals surface area contributed by atoms with Crippen molar-refractivity contribution in [2.24, 2.45) is 5.92 Å². The van der Waals surface area contributed by atoms with Gasteiger partial charge >= 0.3 is 12.1 Å². The number of carbonyl (C=O) groups excluding carboxylic acids is 1. The minimum atomic E-state index is -4.50. The molecule has 21 heavy (non-hydrogen) atoms. The highest BCUT2D eigenvalue weighted by atomic mass is 19.4. The van der Waals surface area contributed by atoms with E-state index in [2.05, 4.69) is 5.32 Å². The zero-order valence-corrected chi connectivity index (χ0v) is 11.0. The lowest BCUT2D eigenvalue weighted by Crippen LogP contribution is -2.47. The molecule has 0 unspecified atom stereocenters. The Labute approximate surface area is 119 Å². The summed E-state index contributed by atoms with van der Waals surface area (Å²) in [5.41, 5.74) is -0.909. The lowest BCUT2D eigenvalue weighted by atomic mass is 9.80. The third kappa shape index (κ3) is 3.74. The van der Waals surface area contributed by atoms with Crippen molar-refractivity contribution in [3.63, 3.8) is 0 Å².